The van der Waals surface area contributed by atoms with E-state index in [1.807, 2.05) is 25.1 Å². The van der Waals surface area contributed by atoms with Crippen LogP contribution in [0.3, 0.4) is 0 Å². The molecule has 0 radical (unpaired) electrons. The molecule has 2 N–H and O–H groups in total. The molecule has 32 heavy (non-hydrogen) atoms. The van der Waals surface area contributed by atoms with E-state index in [9.17, 15) is 9.59 Å². The van der Waals surface area contributed by atoms with Gasteiger partial charge in [0.15, 0.2) is 0 Å². The van der Waals surface area contributed by atoms with E-state index in [1.165, 1.54) is 6.20 Å². The van der Waals surface area contributed by atoms with Crippen molar-refractivity contribution in [2.75, 3.05) is 26.3 Å². The van der Waals surface area contributed by atoms with Crippen LogP contribution in [0.25, 0.3) is 11.0 Å². The molecule has 4 rings (SSSR count). The SMILES string of the molecule is Cc1cc(OC[C@@]2(CC(N)=O)CN(C(=O)c3cnc4ccccc4n3)CCO2)ccc1Cl. The molecule has 9 heteroatoms. The van der Waals surface area contributed by atoms with Gasteiger partial charge in [-0.3, -0.25) is 14.6 Å². The molecule has 0 spiro atoms. The lowest BCUT2D eigenvalue weighted by atomic mass is 9.97. The summed E-state index contributed by atoms with van der Waals surface area (Å²) in [4.78, 5) is 35.4. The van der Waals surface area contributed by atoms with Gasteiger partial charge < -0.3 is 20.1 Å². The fourth-order valence-corrected chi connectivity index (χ4v) is 3.84. The quantitative estimate of drug-likeness (QED) is 0.613. The van der Waals surface area contributed by atoms with Gasteiger partial charge in [-0.15, -0.1) is 0 Å². The Hall–Kier alpha value is -3.23. The Kier molecular flexibility index (Phi) is 6.25. The second-order valence-electron chi connectivity index (χ2n) is 7.84. The number of nitrogens with two attached hydrogens (primary N) is 1. The van der Waals surface area contributed by atoms with E-state index in [1.54, 1.807) is 29.2 Å². The molecule has 1 atom stereocenters. The van der Waals surface area contributed by atoms with E-state index in [0.29, 0.717) is 28.4 Å². The molecule has 166 valence electrons. The highest BCUT2D eigenvalue weighted by atomic mass is 35.5. The van der Waals surface area contributed by atoms with Crippen molar-refractivity contribution in [3.05, 3.63) is 64.9 Å². The standard InChI is InChI=1S/C23H23ClN4O4/c1-15-10-16(6-7-17(15)24)31-14-23(11-21(25)29)13-28(8-9-32-23)22(30)20-12-26-18-4-2-3-5-19(18)27-20/h2-7,10,12H,8-9,11,13-14H2,1H3,(H2,25,29)/t23-/m1/s1. The zero-order chi connectivity index (χ0) is 22.7. The molecule has 3 aromatic rings. The maximum atomic E-state index is 13.2. The maximum absolute atomic E-state index is 13.2. The van der Waals surface area contributed by atoms with Crippen molar-refractivity contribution in [2.24, 2.45) is 5.73 Å². The summed E-state index contributed by atoms with van der Waals surface area (Å²) < 4.78 is 11.9. The van der Waals surface area contributed by atoms with Crippen LogP contribution >= 0.6 is 11.6 Å². The highest BCUT2D eigenvalue weighted by Crippen LogP contribution is 2.27. The second-order valence-corrected chi connectivity index (χ2v) is 8.25. The van der Waals surface area contributed by atoms with Gasteiger partial charge in [0.25, 0.3) is 5.91 Å². The van der Waals surface area contributed by atoms with Crippen LogP contribution in [0.2, 0.25) is 5.02 Å². The molecule has 0 aliphatic carbocycles. The van der Waals surface area contributed by atoms with E-state index < -0.39 is 11.5 Å². The predicted molar refractivity (Wildman–Crippen MR) is 120 cm³/mol. The van der Waals surface area contributed by atoms with Crippen LogP contribution in [0.4, 0.5) is 0 Å². The average molecular weight is 455 g/mol. The minimum absolute atomic E-state index is 0.0458. The first-order valence-electron chi connectivity index (χ1n) is 10.2. The van der Waals surface area contributed by atoms with E-state index in [2.05, 4.69) is 9.97 Å². The number of aryl methyl sites for hydroxylation is 1. The summed E-state index contributed by atoms with van der Waals surface area (Å²) in [6.07, 6.45) is 1.37. The molecule has 1 aromatic heterocycles. The molecule has 2 heterocycles. The Morgan fingerprint density at radius 1 is 1.25 bits per heavy atom. The molecule has 0 saturated carbocycles. The molecule has 1 saturated heterocycles. The van der Waals surface area contributed by atoms with Gasteiger partial charge in [-0.05, 0) is 42.8 Å². The van der Waals surface area contributed by atoms with Crippen molar-refractivity contribution in [1.29, 1.82) is 0 Å². The fraction of sp³-hybridized carbons (Fsp3) is 0.304. The normalized spacial score (nSPS) is 18.5. The lowest BCUT2D eigenvalue weighted by Crippen LogP contribution is -2.58. The Morgan fingerprint density at radius 3 is 2.78 bits per heavy atom. The van der Waals surface area contributed by atoms with Crippen LogP contribution < -0.4 is 10.5 Å². The van der Waals surface area contributed by atoms with Gasteiger partial charge in [-0.2, -0.15) is 0 Å². The number of primary amides is 1. The number of halogens is 1. The van der Waals surface area contributed by atoms with E-state index in [0.717, 1.165) is 5.56 Å². The van der Waals surface area contributed by atoms with Crippen molar-refractivity contribution >= 4 is 34.4 Å². The van der Waals surface area contributed by atoms with Gasteiger partial charge in [0.1, 0.15) is 23.7 Å². The van der Waals surface area contributed by atoms with Gasteiger partial charge >= 0.3 is 0 Å². The first-order chi connectivity index (χ1) is 15.3. The third-order valence-electron chi connectivity index (χ3n) is 5.33. The van der Waals surface area contributed by atoms with Crippen molar-refractivity contribution < 1.29 is 19.1 Å². The molecule has 0 unspecified atom stereocenters. The molecule has 2 amide bonds. The highest BCUT2D eigenvalue weighted by molar-refractivity contribution is 6.31. The van der Waals surface area contributed by atoms with E-state index in [4.69, 9.17) is 26.8 Å². The number of rotatable bonds is 6. The predicted octanol–water partition coefficient (Wildman–Crippen LogP) is 2.76. The maximum Gasteiger partial charge on any atom is 0.274 e. The number of carbonyl (C=O) groups excluding carboxylic acids is 2. The number of para-hydroxylation sites is 2. The molecule has 0 bridgehead atoms. The lowest BCUT2D eigenvalue weighted by Gasteiger charge is -2.41. The highest BCUT2D eigenvalue weighted by Gasteiger charge is 2.41. The number of aromatic nitrogens is 2. The van der Waals surface area contributed by atoms with Gasteiger partial charge in [0.2, 0.25) is 5.91 Å². The molecule has 1 aliphatic rings. The van der Waals surface area contributed by atoms with Crippen molar-refractivity contribution in [2.45, 2.75) is 18.9 Å². The van der Waals surface area contributed by atoms with E-state index in [-0.39, 0.29) is 37.8 Å². The summed E-state index contributed by atoms with van der Waals surface area (Å²) in [5.74, 6) is -0.244. The first kappa shape index (κ1) is 22.0. The minimum atomic E-state index is -1.07. The Balaban J connectivity index is 1.54. The summed E-state index contributed by atoms with van der Waals surface area (Å²) >= 11 is 6.08. The number of carbonyl (C=O) groups is 2. The van der Waals surface area contributed by atoms with Crippen LogP contribution in [-0.2, 0) is 9.53 Å². The van der Waals surface area contributed by atoms with Gasteiger partial charge in [-0.25, -0.2) is 4.98 Å². The third-order valence-corrected chi connectivity index (χ3v) is 5.76. The van der Waals surface area contributed by atoms with Gasteiger partial charge in [-0.1, -0.05) is 23.7 Å². The summed E-state index contributed by atoms with van der Waals surface area (Å²) in [5, 5.41) is 0.631. The number of benzene rings is 2. The third kappa shape index (κ3) is 4.81. The fourth-order valence-electron chi connectivity index (χ4n) is 3.73. The molecular weight excluding hydrogens is 432 g/mol. The van der Waals surface area contributed by atoms with Crippen molar-refractivity contribution in [3.8, 4) is 5.75 Å². The van der Waals surface area contributed by atoms with Gasteiger partial charge in [0, 0.05) is 11.6 Å². The Labute approximate surface area is 190 Å². The minimum Gasteiger partial charge on any atom is -0.490 e. The number of hydrogen-bond donors (Lipinski definition) is 1. The van der Waals surface area contributed by atoms with Crippen LogP contribution in [0.15, 0.2) is 48.7 Å². The number of fused-ring (bicyclic) bond motifs is 1. The molecule has 1 aliphatic heterocycles. The van der Waals surface area contributed by atoms with Crippen molar-refractivity contribution in [3.63, 3.8) is 0 Å². The summed E-state index contributed by atoms with van der Waals surface area (Å²) in [5.41, 5.74) is 6.87. The summed E-state index contributed by atoms with van der Waals surface area (Å²) in [6, 6.07) is 12.6. The van der Waals surface area contributed by atoms with Crippen LogP contribution in [-0.4, -0.2) is 58.6 Å². The van der Waals surface area contributed by atoms with Crippen molar-refractivity contribution in [1.82, 2.24) is 14.9 Å². The molecular formula is C23H23ClN4O4. The lowest BCUT2D eigenvalue weighted by molar-refractivity contribution is -0.142. The molecule has 1 fully saturated rings. The molecule has 2 aromatic carbocycles. The Bertz CT molecular complexity index is 1170. The van der Waals surface area contributed by atoms with E-state index >= 15 is 0 Å². The van der Waals surface area contributed by atoms with Crippen LogP contribution in [0.1, 0.15) is 22.5 Å². The molecule has 8 nitrogen and oxygen atoms in total. The zero-order valence-electron chi connectivity index (χ0n) is 17.6. The number of morpholine rings is 1. The largest absolute Gasteiger partial charge is 0.490 e. The van der Waals surface area contributed by atoms with Gasteiger partial charge in [0.05, 0.1) is 36.8 Å². The van der Waals surface area contributed by atoms with Crippen LogP contribution in [0.5, 0.6) is 5.75 Å². The van der Waals surface area contributed by atoms with Crippen LogP contribution in [0, 0.1) is 6.92 Å². The Morgan fingerprint density at radius 2 is 2.03 bits per heavy atom. The summed E-state index contributed by atoms with van der Waals surface area (Å²) in [6.45, 7) is 2.65. The zero-order valence-corrected chi connectivity index (χ0v) is 18.3. The summed E-state index contributed by atoms with van der Waals surface area (Å²) in [7, 11) is 0. The number of hydrogen-bond acceptors (Lipinski definition) is 6. The first-order valence-corrected chi connectivity index (χ1v) is 10.6. The number of nitrogens with zero attached hydrogens (tertiary/aromatic N) is 3. The smallest absolute Gasteiger partial charge is 0.274 e. The topological polar surface area (TPSA) is 108 Å². The second kappa shape index (κ2) is 9.10. The number of ether oxygens (including phenoxy) is 2. The average Bonchev–Trinajstić information content (AvgIpc) is 2.79. The monoisotopic (exact) mass is 454 g/mol. The number of amides is 2.